The number of ether oxygens (including phenoxy) is 2. The maximum atomic E-state index is 14.0. The summed E-state index contributed by atoms with van der Waals surface area (Å²) in [6.45, 7) is 2.04. The van der Waals surface area contributed by atoms with Gasteiger partial charge in [-0.15, -0.1) is 0 Å². The first-order chi connectivity index (χ1) is 21.0. The highest BCUT2D eigenvalue weighted by Gasteiger charge is 2.33. The molecule has 5 rings (SSSR count). The van der Waals surface area contributed by atoms with Crippen molar-refractivity contribution in [2.45, 2.75) is 43.4 Å². The highest BCUT2D eigenvalue weighted by molar-refractivity contribution is 5.83. The molecule has 2 aliphatic heterocycles. The molecule has 1 saturated heterocycles. The van der Waals surface area contributed by atoms with Gasteiger partial charge in [-0.1, -0.05) is 72.8 Å². The molecule has 3 atom stereocenters. The summed E-state index contributed by atoms with van der Waals surface area (Å²) in [5.74, 6) is 1.03. The van der Waals surface area contributed by atoms with Crippen LogP contribution in [0.4, 0.5) is 0 Å². The Labute approximate surface area is 252 Å². The second kappa shape index (κ2) is 14.6. The number of nitrogens with one attached hydrogen (secondary N) is 2. The summed E-state index contributed by atoms with van der Waals surface area (Å²) in [5.41, 5.74) is 13.3. The van der Waals surface area contributed by atoms with E-state index in [-0.39, 0.29) is 36.3 Å². The van der Waals surface area contributed by atoms with E-state index in [0.717, 1.165) is 11.1 Å². The molecule has 6 N–H and O–H groups in total. The highest BCUT2D eigenvalue weighted by Crippen LogP contribution is 2.31. The molecule has 2 heterocycles. The zero-order valence-corrected chi connectivity index (χ0v) is 24.2. The van der Waals surface area contributed by atoms with Crippen molar-refractivity contribution in [1.29, 1.82) is 0 Å². The number of nitrogens with two attached hydrogens (primary N) is 2. The van der Waals surface area contributed by atoms with Crippen molar-refractivity contribution < 1.29 is 19.1 Å². The van der Waals surface area contributed by atoms with Crippen molar-refractivity contribution in [2.24, 2.45) is 16.5 Å². The molecule has 226 valence electrons. The maximum absolute atomic E-state index is 14.0. The first-order valence-corrected chi connectivity index (χ1v) is 14.8. The van der Waals surface area contributed by atoms with E-state index in [1.54, 1.807) is 6.07 Å². The lowest BCUT2D eigenvalue weighted by Gasteiger charge is -2.29. The van der Waals surface area contributed by atoms with Gasteiger partial charge in [0.25, 0.3) is 5.91 Å². The van der Waals surface area contributed by atoms with Crippen LogP contribution in [0.1, 0.15) is 36.3 Å². The van der Waals surface area contributed by atoms with Crippen LogP contribution in [-0.2, 0) is 9.59 Å². The molecule has 0 saturated carbocycles. The van der Waals surface area contributed by atoms with Crippen LogP contribution in [0, 0.1) is 0 Å². The Bertz CT molecular complexity index is 1340. The van der Waals surface area contributed by atoms with Gasteiger partial charge in [-0.2, -0.15) is 0 Å². The van der Waals surface area contributed by atoms with Gasteiger partial charge in [-0.05, 0) is 42.5 Å². The van der Waals surface area contributed by atoms with E-state index in [0.29, 0.717) is 56.9 Å². The minimum Gasteiger partial charge on any atom is -0.485 e. The van der Waals surface area contributed by atoms with E-state index >= 15 is 0 Å². The van der Waals surface area contributed by atoms with Crippen LogP contribution in [0.5, 0.6) is 11.5 Å². The molecule has 0 aromatic heterocycles. The van der Waals surface area contributed by atoms with Crippen molar-refractivity contribution in [3.63, 3.8) is 0 Å². The predicted molar refractivity (Wildman–Crippen MR) is 166 cm³/mol. The van der Waals surface area contributed by atoms with Crippen LogP contribution >= 0.6 is 0 Å². The van der Waals surface area contributed by atoms with Crippen LogP contribution in [-0.4, -0.2) is 73.6 Å². The van der Waals surface area contributed by atoms with Gasteiger partial charge in [0.05, 0.1) is 6.04 Å². The topological polar surface area (TPSA) is 144 Å². The van der Waals surface area contributed by atoms with Crippen LogP contribution in [0.3, 0.4) is 0 Å². The Morgan fingerprint density at radius 2 is 1.63 bits per heavy atom. The fourth-order valence-electron chi connectivity index (χ4n) is 5.61. The van der Waals surface area contributed by atoms with E-state index < -0.39 is 12.1 Å². The highest BCUT2D eigenvalue weighted by atomic mass is 16.6. The third-order valence-corrected chi connectivity index (χ3v) is 7.87. The number of hydrogen-bond donors (Lipinski definition) is 4. The van der Waals surface area contributed by atoms with Crippen LogP contribution in [0.15, 0.2) is 89.9 Å². The zero-order chi connectivity index (χ0) is 30.0. The largest absolute Gasteiger partial charge is 0.485 e. The minimum atomic E-state index is -0.744. The second-order valence-electron chi connectivity index (χ2n) is 10.9. The van der Waals surface area contributed by atoms with Crippen molar-refractivity contribution in [3.05, 3.63) is 96.1 Å². The second-order valence-corrected chi connectivity index (χ2v) is 10.9. The fraction of sp³-hybridized carbons (Fsp3) is 0.364. The van der Waals surface area contributed by atoms with Crippen molar-refractivity contribution in [2.75, 3.05) is 32.8 Å². The number of carbonyl (C=O) groups excluding carboxylic acids is 2. The molecule has 0 spiro atoms. The van der Waals surface area contributed by atoms with Gasteiger partial charge < -0.3 is 36.5 Å². The van der Waals surface area contributed by atoms with E-state index in [1.807, 2.05) is 59.5 Å². The van der Waals surface area contributed by atoms with Gasteiger partial charge in [0, 0.05) is 38.1 Å². The molecule has 2 amide bonds. The number of nitrogens with zero attached hydrogens (tertiary/aromatic N) is 2. The standard InChI is InChI=1S/C33H40N6O4/c34-33(35)36-18-9-14-27-32(41)39(21-26(23-10-3-1-4-11-23)24-12-5-2-6-13-24)19-17-25(38-27)20-37-31(40)30-22-42-28-15-7-8-16-29(28)43-30/h1-8,10-13,15-16,25-27,30,38H,9,14,17-22H2,(H,37,40)(H4,34,35,36)/t25-,27-,30-/m0/s1. The van der Waals surface area contributed by atoms with E-state index in [4.69, 9.17) is 20.9 Å². The number of aliphatic imine (C=N–C) groups is 1. The van der Waals surface area contributed by atoms with Crippen molar-refractivity contribution >= 4 is 17.8 Å². The lowest BCUT2D eigenvalue weighted by Crippen LogP contribution is -2.51. The molecule has 0 aliphatic carbocycles. The first-order valence-electron chi connectivity index (χ1n) is 14.8. The molecule has 0 radical (unpaired) electrons. The van der Waals surface area contributed by atoms with Crippen molar-refractivity contribution in [1.82, 2.24) is 15.5 Å². The van der Waals surface area contributed by atoms with E-state index in [1.165, 1.54) is 0 Å². The van der Waals surface area contributed by atoms with Gasteiger partial charge in [0.2, 0.25) is 12.0 Å². The van der Waals surface area contributed by atoms with E-state index in [2.05, 4.69) is 39.9 Å². The minimum absolute atomic E-state index is 0.0243. The normalized spacial score (nSPS) is 19.9. The Morgan fingerprint density at radius 1 is 0.977 bits per heavy atom. The summed E-state index contributed by atoms with van der Waals surface area (Å²) < 4.78 is 11.6. The average Bonchev–Trinajstić information content (AvgIpc) is 3.19. The quantitative estimate of drug-likeness (QED) is 0.154. The first kappa shape index (κ1) is 29.9. The molecule has 3 aromatic carbocycles. The summed E-state index contributed by atoms with van der Waals surface area (Å²) in [5, 5.41) is 6.54. The third-order valence-electron chi connectivity index (χ3n) is 7.87. The lowest BCUT2D eigenvalue weighted by atomic mass is 9.90. The number of hydrogen-bond acceptors (Lipinski definition) is 6. The number of carbonyl (C=O) groups is 2. The molecule has 1 fully saturated rings. The SMILES string of the molecule is NC(N)=NCCC[C@@H]1N[C@H](CNC(=O)[C@@H]2COc3ccccc3O2)CCN(CC(c2ccccc2)c2ccccc2)C1=O. The number of fused-ring (bicyclic) bond motifs is 1. The fourth-order valence-corrected chi connectivity index (χ4v) is 5.61. The molecule has 3 aromatic rings. The molecular weight excluding hydrogens is 544 g/mol. The maximum Gasteiger partial charge on any atom is 0.264 e. The predicted octanol–water partition coefficient (Wildman–Crippen LogP) is 2.39. The molecule has 2 aliphatic rings. The third kappa shape index (κ3) is 8.04. The molecule has 43 heavy (non-hydrogen) atoms. The lowest BCUT2D eigenvalue weighted by molar-refractivity contribution is -0.133. The molecule has 10 nitrogen and oxygen atoms in total. The van der Waals surface area contributed by atoms with Gasteiger partial charge in [0.1, 0.15) is 6.61 Å². The number of guanidine groups is 1. The zero-order valence-electron chi connectivity index (χ0n) is 24.2. The number of rotatable bonds is 11. The summed E-state index contributed by atoms with van der Waals surface area (Å²) >= 11 is 0. The Kier molecular flexibility index (Phi) is 10.1. The molecular formula is C33H40N6O4. The van der Waals surface area contributed by atoms with Crippen LogP contribution < -0.4 is 31.6 Å². The Morgan fingerprint density at radius 3 is 2.30 bits per heavy atom. The Hall–Kier alpha value is -4.57. The summed E-state index contributed by atoms with van der Waals surface area (Å²) in [7, 11) is 0. The smallest absolute Gasteiger partial charge is 0.264 e. The van der Waals surface area contributed by atoms with Crippen LogP contribution in [0.2, 0.25) is 0 Å². The van der Waals surface area contributed by atoms with Gasteiger partial charge in [0.15, 0.2) is 17.5 Å². The average molecular weight is 585 g/mol. The van der Waals surface area contributed by atoms with Gasteiger partial charge in [-0.25, -0.2) is 0 Å². The van der Waals surface area contributed by atoms with Gasteiger partial charge in [-0.3, -0.25) is 14.6 Å². The summed E-state index contributed by atoms with van der Waals surface area (Å²) in [4.78, 5) is 33.0. The summed E-state index contributed by atoms with van der Waals surface area (Å²) in [6.07, 6.45) is 1.14. The monoisotopic (exact) mass is 584 g/mol. The Balaban J connectivity index is 1.27. The van der Waals surface area contributed by atoms with Gasteiger partial charge >= 0.3 is 0 Å². The molecule has 0 unspecified atom stereocenters. The summed E-state index contributed by atoms with van der Waals surface area (Å²) in [6, 6.07) is 27.3. The number of amides is 2. The van der Waals surface area contributed by atoms with Crippen molar-refractivity contribution in [3.8, 4) is 11.5 Å². The molecule has 10 heteroatoms. The number of benzene rings is 3. The van der Waals surface area contributed by atoms with E-state index in [9.17, 15) is 9.59 Å². The molecule has 0 bridgehead atoms. The van der Waals surface area contributed by atoms with Crippen LogP contribution in [0.25, 0.3) is 0 Å². The number of para-hydroxylation sites is 2.